The smallest absolute Gasteiger partial charge is 0.149 e. The van der Waals surface area contributed by atoms with Gasteiger partial charge in [0.15, 0.2) is 0 Å². The molecule has 2 atom stereocenters. The van der Waals surface area contributed by atoms with Crippen molar-refractivity contribution in [1.82, 2.24) is 15.5 Å². The zero-order chi connectivity index (χ0) is 11.7. The maximum atomic E-state index is 4.36. The Balaban J connectivity index is 1.83. The van der Waals surface area contributed by atoms with Gasteiger partial charge in [0.05, 0.1) is 6.34 Å². The van der Waals surface area contributed by atoms with Gasteiger partial charge in [-0.05, 0) is 31.0 Å². The van der Waals surface area contributed by atoms with Gasteiger partial charge in [0.25, 0.3) is 0 Å². The third kappa shape index (κ3) is 1.84. The lowest BCUT2D eigenvalue weighted by Crippen LogP contribution is -2.42. The van der Waals surface area contributed by atoms with Crippen LogP contribution in [0.1, 0.15) is 12.8 Å². The van der Waals surface area contributed by atoms with Crippen LogP contribution in [0.15, 0.2) is 41.3 Å². The molecule has 0 spiro atoms. The molecule has 0 aliphatic carbocycles. The van der Waals surface area contributed by atoms with Gasteiger partial charge in [-0.1, -0.05) is 6.08 Å². The van der Waals surface area contributed by atoms with Crippen molar-refractivity contribution in [2.24, 2.45) is 10.9 Å². The van der Waals surface area contributed by atoms with E-state index in [0.717, 1.165) is 13.1 Å². The van der Waals surface area contributed by atoms with Crippen LogP contribution in [0.2, 0.25) is 0 Å². The lowest BCUT2D eigenvalue weighted by molar-refractivity contribution is 0.234. The van der Waals surface area contributed by atoms with E-state index >= 15 is 0 Å². The molecule has 0 amide bonds. The van der Waals surface area contributed by atoms with E-state index in [2.05, 4.69) is 39.3 Å². The molecule has 0 aromatic heterocycles. The van der Waals surface area contributed by atoms with Gasteiger partial charge < -0.3 is 15.5 Å². The molecule has 2 N–H and O–H groups in total. The van der Waals surface area contributed by atoms with Gasteiger partial charge in [-0.2, -0.15) is 0 Å². The number of nitrogens with zero attached hydrogens (tertiary/aromatic N) is 2. The molecular weight excluding hydrogens is 212 g/mol. The molecule has 1 unspecified atom stereocenters. The number of aliphatic imine (C=N–C) groups is 1. The molecule has 0 aromatic carbocycles. The summed E-state index contributed by atoms with van der Waals surface area (Å²) in [5.74, 6) is 1.81. The van der Waals surface area contributed by atoms with Crippen molar-refractivity contribution in [2.75, 3.05) is 13.1 Å². The van der Waals surface area contributed by atoms with Crippen molar-refractivity contribution >= 4 is 6.34 Å². The maximum Gasteiger partial charge on any atom is 0.149 e. The zero-order valence-corrected chi connectivity index (χ0v) is 9.89. The molecule has 0 saturated carbocycles. The Labute approximate surface area is 102 Å². The zero-order valence-electron chi connectivity index (χ0n) is 9.89. The van der Waals surface area contributed by atoms with Crippen molar-refractivity contribution < 1.29 is 0 Å². The van der Waals surface area contributed by atoms with E-state index in [1.165, 1.54) is 24.2 Å². The van der Waals surface area contributed by atoms with E-state index in [1.807, 2.05) is 6.20 Å². The predicted octanol–water partition coefficient (Wildman–Crippen LogP) is 1.17. The number of hydrogen-bond acceptors (Lipinski definition) is 4. The number of piperidine rings is 1. The third-order valence-electron chi connectivity index (χ3n) is 3.62. The highest BCUT2D eigenvalue weighted by Crippen LogP contribution is 2.25. The van der Waals surface area contributed by atoms with E-state index < -0.39 is 0 Å². The molecule has 3 heterocycles. The molecule has 4 nitrogen and oxygen atoms in total. The molecule has 0 bridgehead atoms. The Morgan fingerprint density at radius 2 is 2.47 bits per heavy atom. The van der Waals surface area contributed by atoms with Crippen molar-refractivity contribution in [1.29, 1.82) is 0 Å². The van der Waals surface area contributed by atoms with Crippen LogP contribution in [0.25, 0.3) is 0 Å². The van der Waals surface area contributed by atoms with Crippen LogP contribution in [0.4, 0.5) is 0 Å². The molecule has 90 valence electrons. The second kappa shape index (κ2) is 4.28. The van der Waals surface area contributed by atoms with Crippen molar-refractivity contribution in [3.05, 3.63) is 36.3 Å². The quantitative estimate of drug-likeness (QED) is 0.700. The van der Waals surface area contributed by atoms with Crippen LogP contribution >= 0.6 is 0 Å². The van der Waals surface area contributed by atoms with Gasteiger partial charge >= 0.3 is 0 Å². The van der Waals surface area contributed by atoms with Gasteiger partial charge in [-0.25, -0.2) is 4.99 Å². The van der Waals surface area contributed by atoms with Gasteiger partial charge in [0, 0.05) is 18.7 Å². The number of rotatable bonds is 2. The normalized spacial score (nSPS) is 30.9. The van der Waals surface area contributed by atoms with Gasteiger partial charge in [0.1, 0.15) is 12.0 Å². The lowest BCUT2D eigenvalue weighted by Gasteiger charge is -2.36. The van der Waals surface area contributed by atoms with Crippen molar-refractivity contribution in [3.8, 4) is 0 Å². The van der Waals surface area contributed by atoms with E-state index in [-0.39, 0.29) is 6.17 Å². The second-order valence-corrected chi connectivity index (χ2v) is 4.71. The average molecular weight is 230 g/mol. The summed E-state index contributed by atoms with van der Waals surface area (Å²) in [7, 11) is 0. The largest absolute Gasteiger partial charge is 0.366 e. The monoisotopic (exact) mass is 230 g/mol. The Morgan fingerprint density at radius 3 is 3.35 bits per heavy atom. The highest BCUT2D eigenvalue weighted by atomic mass is 15.3. The molecule has 1 saturated heterocycles. The molecule has 3 aliphatic rings. The van der Waals surface area contributed by atoms with Gasteiger partial charge in [0.2, 0.25) is 0 Å². The molecule has 4 heteroatoms. The summed E-state index contributed by atoms with van der Waals surface area (Å²) in [6, 6.07) is 0. The summed E-state index contributed by atoms with van der Waals surface area (Å²) in [6.45, 7) is 6.09. The van der Waals surface area contributed by atoms with Crippen LogP contribution < -0.4 is 10.6 Å². The topological polar surface area (TPSA) is 39.7 Å². The number of fused-ring (bicyclic) bond motifs is 1. The Morgan fingerprint density at radius 1 is 1.53 bits per heavy atom. The second-order valence-electron chi connectivity index (χ2n) is 4.71. The highest BCUT2D eigenvalue weighted by molar-refractivity contribution is 5.62. The summed E-state index contributed by atoms with van der Waals surface area (Å²) in [5.41, 5.74) is 1.25. The SMILES string of the molecule is C=C[C@@H]1CCCN(C2=C3C=CNC3N=CN2)C1. The molecule has 17 heavy (non-hydrogen) atoms. The molecule has 0 radical (unpaired) electrons. The van der Waals surface area contributed by atoms with Gasteiger partial charge in [-0.15, -0.1) is 6.58 Å². The average Bonchev–Trinajstić information content (AvgIpc) is 2.87. The molecule has 0 aromatic rings. The fraction of sp³-hybridized carbons (Fsp3) is 0.462. The van der Waals surface area contributed by atoms with E-state index in [4.69, 9.17) is 0 Å². The van der Waals surface area contributed by atoms with Crippen LogP contribution in [-0.2, 0) is 0 Å². The van der Waals surface area contributed by atoms with Crippen molar-refractivity contribution in [2.45, 2.75) is 19.0 Å². The number of likely N-dealkylation sites (tertiary alicyclic amines) is 1. The maximum absolute atomic E-state index is 4.36. The molecule has 3 rings (SSSR count). The van der Waals surface area contributed by atoms with Crippen molar-refractivity contribution in [3.63, 3.8) is 0 Å². The van der Waals surface area contributed by atoms with Crippen LogP contribution in [0.5, 0.6) is 0 Å². The minimum atomic E-state index is 0.107. The van der Waals surface area contributed by atoms with E-state index in [0.29, 0.717) is 5.92 Å². The fourth-order valence-electron chi connectivity index (χ4n) is 2.68. The Bertz CT molecular complexity index is 408. The first-order chi connectivity index (χ1) is 8.38. The molecule has 3 aliphatic heterocycles. The first-order valence-electron chi connectivity index (χ1n) is 6.21. The van der Waals surface area contributed by atoms with Crippen LogP contribution in [0, 0.1) is 5.92 Å². The highest BCUT2D eigenvalue weighted by Gasteiger charge is 2.27. The lowest BCUT2D eigenvalue weighted by atomic mass is 9.98. The van der Waals surface area contributed by atoms with Crippen LogP contribution in [0.3, 0.4) is 0 Å². The summed E-state index contributed by atoms with van der Waals surface area (Å²) in [5, 5.41) is 6.52. The Kier molecular flexibility index (Phi) is 2.63. The third-order valence-corrected chi connectivity index (χ3v) is 3.62. The summed E-state index contributed by atoms with van der Waals surface area (Å²) >= 11 is 0. The van der Waals surface area contributed by atoms with Crippen LogP contribution in [-0.4, -0.2) is 30.5 Å². The minimum absolute atomic E-state index is 0.107. The Hall–Kier alpha value is -1.71. The summed E-state index contributed by atoms with van der Waals surface area (Å²) < 4.78 is 0. The fourth-order valence-corrected chi connectivity index (χ4v) is 2.68. The predicted molar refractivity (Wildman–Crippen MR) is 69.2 cm³/mol. The number of nitrogens with one attached hydrogen (secondary N) is 2. The number of hydrogen-bond donors (Lipinski definition) is 2. The summed E-state index contributed by atoms with van der Waals surface area (Å²) in [4.78, 5) is 6.78. The van der Waals surface area contributed by atoms with E-state index in [1.54, 1.807) is 6.34 Å². The molecular formula is C13H18N4. The first kappa shape index (κ1) is 10.4. The van der Waals surface area contributed by atoms with Gasteiger partial charge in [-0.3, -0.25) is 0 Å². The first-order valence-corrected chi connectivity index (χ1v) is 6.21. The minimum Gasteiger partial charge on any atom is -0.366 e. The molecule has 1 fully saturated rings. The summed E-state index contributed by atoms with van der Waals surface area (Å²) in [6.07, 6.45) is 10.5. The standard InChI is InChI=1S/C13H18N4/c1-2-10-4-3-7-17(8-10)13-11-5-6-14-12(11)15-9-16-13/h2,5-6,9-10,12,14H,1,3-4,7-8H2,(H,15,16)/t10-,12?/m1/s1. The van der Waals surface area contributed by atoms with E-state index in [9.17, 15) is 0 Å².